The van der Waals surface area contributed by atoms with E-state index in [0.29, 0.717) is 19.6 Å². The molecule has 6 N–H and O–H groups in total. The third-order valence-corrected chi connectivity index (χ3v) is 1.25. The van der Waals surface area contributed by atoms with Gasteiger partial charge in [0, 0.05) is 19.6 Å². The SMILES string of the molecule is OC(O)O.OCCN(CCO)CCO. The van der Waals surface area contributed by atoms with Crippen molar-refractivity contribution in [3.05, 3.63) is 0 Å². The van der Waals surface area contributed by atoms with E-state index < -0.39 is 6.48 Å². The standard InChI is InChI=1S/C6H15NO3.CH4O3/c8-4-1-7(2-5-9)3-6-10;2-1(3)4/h8-10H,1-6H2;1-4H. The summed E-state index contributed by atoms with van der Waals surface area (Å²) in [5, 5.41) is 47.0. The Hall–Kier alpha value is -0.280. The third kappa shape index (κ3) is 17.7. The Morgan fingerprint density at radius 2 is 0.929 bits per heavy atom. The van der Waals surface area contributed by atoms with Crippen LogP contribution in [0, 0.1) is 0 Å². The molecular formula is C7H19NO6. The normalized spacial score (nSPS) is 10.3. The number of hydrogen-bond donors (Lipinski definition) is 6. The quantitative estimate of drug-likeness (QED) is 0.253. The highest BCUT2D eigenvalue weighted by Gasteiger charge is 2.00. The van der Waals surface area contributed by atoms with Gasteiger partial charge in [0.05, 0.1) is 19.8 Å². The minimum atomic E-state index is -2.17. The molecule has 0 radical (unpaired) electrons. The predicted octanol–water partition coefficient (Wildman–Crippen LogP) is -3.49. The Kier molecular flexibility index (Phi) is 14.7. The smallest absolute Gasteiger partial charge is 0.263 e. The van der Waals surface area contributed by atoms with Gasteiger partial charge in [-0.05, 0) is 0 Å². The van der Waals surface area contributed by atoms with Crippen LogP contribution < -0.4 is 0 Å². The molecular weight excluding hydrogens is 194 g/mol. The van der Waals surface area contributed by atoms with Gasteiger partial charge in [0.2, 0.25) is 0 Å². The van der Waals surface area contributed by atoms with Crippen LogP contribution in [0.1, 0.15) is 0 Å². The van der Waals surface area contributed by atoms with Crippen molar-refractivity contribution in [3.8, 4) is 0 Å². The first kappa shape index (κ1) is 16.2. The van der Waals surface area contributed by atoms with Crippen LogP contribution in [-0.2, 0) is 0 Å². The molecule has 0 atom stereocenters. The summed E-state index contributed by atoms with van der Waals surface area (Å²) in [5.74, 6) is 0. The number of rotatable bonds is 6. The van der Waals surface area contributed by atoms with Gasteiger partial charge in [0.15, 0.2) is 0 Å². The third-order valence-electron chi connectivity index (χ3n) is 1.25. The molecule has 0 aromatic heterocycles. The maximum absolute atomic E-state index is 8.48. The summed E-state index contributed by atoms with van der Waals surface area (Å²) in [6, 6.07) is 0. The molecule has 0 aromatic carbocycles. The molecule has 0 amide bonds. The molecule has 0 saturated carbocycles. The van der Waals surface area contributed by atoms with Gasteiger partial charge in [-0.3, -0.25) is 4.90 Å². The molecule has 0 saturated heterocycles. The van der Waals surface area contributed by atoms with Gasteiger partial charge < -0.3 is 30.6 Å². The molecule has 0 aliphatic rings. The summed E-state index contributed by atoms with van der Waals surface area (Å²) in [4.78, 5) is 1.79. The van der Waals surface area contributed by atoms with Crippen LogP contribution in [0.4, 0.5) is 0 Å². The maximum Gasteiger partial charge on any atom is 0.263 e. The molecule has 0 aliphatic carbocycles. The van der Waals surface area contributed by atoms with Gasteiger partial charge in [0.1, 0.15) is 0 Å². The first-order valence-corrected chi connectivity index (χ1v) is 4.17. The highest BCUT2D eigenvalue weighted by molar-refractivity contribution is 4.54. The van der Waals surface area contributed by atoms with E-state index in [1.165, 1.54) is 0 Å². The van der Waals surface area contributed by atoms with Crippen LogP contribution >= 0.6 is 0 Å². The Labute approximate surface area is 82.5 Å². The first-order chi connectivity index (χ1) is 6.58. The summed E-state index contributed by atoms with van der Waals surface area (Å²) >= 11 is 0. The van der Waals surface area contributed by atoms with Crippen LogP contribution in [0.2, 0.25) is 0 Å². The second kappa shape index (κ2) is 12.7. The van der Waals surface area contributed by atoms with E-state index in [4.69, 9.17) is 30.6 Å². The van der Waals surface area contributed by atoms with E-state index in [1.807, 2.05) is 0 Å². The van der Waals surface area contributed by atoms with E-state index in [-0.39, 0.29) is 19.8 Å². The van der Waals surface area contributed by atoms with E-state index in [1.54, 1.807) is 4.90 Å². The molecule has 88 valence electrons. The minimum Gasteiger partial charge on any atom is -0.395 e. The number of aliphatic hydroxyl groups excluding tert-OH is 4. The first-order valence-electron chi connectivity index (χ1n) is 4.17. The van der Waals surface area contributed by atoms with Gasteiger partial charge in [-0.25, -0.2) is 0 Å². The molecule has 0 bridgehead atoms. The zero-order valence-corrected chi connectivity index (χ0v) is 7.95. The fourth-order valence-corrected chi connectivity index (χ4v) is 0.760. The zero-order chi connectivity index (χ0) is 11.4. The molecule has 0 rings (SSSR count). The van der Waals surface area contributed by atoms with Gasteiger partial charge in [-0.2, -0.15) is 0 Å². The average molecular weight is 213 g/mol. The van der Waals surface area contributed by atoms with Crippen molar-refractivity contribution in [2.24, 2.45) is 0 Å². The van der Waals surface area contributed by atoms with Crippen LogP contribution in [0.3, 0.4) is 0 Å². The zero-order valence-electron chi connectivity index (χ0n) is 7.95. The molecule has 0 aliphatic heterocycles. The number of aliphatic hydroxyl groups is 6. The lowest BCUT2D eigenvalue weighted by molar-refractivity contribution is -0.198. The lowest BCUT2D eigenvalue weighted by Gasteiger charge is -2.17. The van der Waals surface area contributed by atoms with Crippen molar-refractivity contribution in [3.63, 3.8) is 0 Å². The van der Waals surface area contributed by atoms with Gasteiger partial charge in [-0.15, -0.1) is 0 Å². The molecule has 0 heterocycles. The molecule has 7 nitrogen and oxygen atoms in total. The Morgan fingerprint density at radius 3 is 1.07 bits per heavy atom. The lowest BCUT2D eigenvalue weighted by Crippen LogP contribution is -2.32. The van der Waals surface area contributed by atoms with Crippen molar-refractivity contribution >= 4 is 0 Å². The summed E-state index contributed by atoms with van der Waals surface area (Å²) in [6.45, 7) is -0.413. The van der Waals surface area contributed by atoms with Gasteiger partial charge in [-0.1, -0.05) is 0 Å². The number of nitrogens with zero attached hydrogens (tertiary/aromatic N) is 1. The van der Waals surface area contributed by atoms with E-state index in [0.717, 1.165) is 0 Å². The molecule has 0 unspecified atom stereocenters. The van der Waals surface area contributed by atoms with E-state index >= 15 is 0 Å². The summed E-state index contributed by atoms with van der Waals surface area (Å²) in [6.07, 6.45) is 0. The van der Waals surface area contributed by atoms with Crippen molar-refractivity contribution in [2.45, 2.75) is 6.48 Å². The average Bonchev–Trinajstić information content (AvgIpc) is 2.04. The van der Waals surface area contributed by atoms with E-state index in [2.05, 4.69) is 0 Å². The summed E-state index contributed by atoms with van der Waals surface area (Å²) in [7, 11) is 0. The molecule has 0 spiro atoms. The lowest BCUT2D eigenvalue weighted by atomic mass is 10.4. The van der Waals surface area contributed by atoms with Gasteiger partial charge in [0.25, 0.3) is 6.48 Å². The fraction of sp³-hybridized carbons (Fsp3) is 1.00. The van der Waals surface area contributed by atoms with Crippen LogP contribution in [0.25, 0.3) is 0 Å². The minimum absolute atomic E-state index is 0.0694. The summed E-state index contributed by atoms with van der Waals surface area (Å²) < 4.78 is 0. The highest BCUT2D eigenvalue weighted by atomic mass is 16.6. The molecule has 0 aromatic rings. The van der Waals surface area contributed by atoms with Crippen LogP contribution in [0.5, 0.6) is 0 Å². The maximum atomic E-state index is 8.48. The molecule has 7 heteroatoms. The highest BCUT2D eigenvalue weighted by Crippen LogP contribution is 1.84. The van der Waals surface area contributed by atoms with Gasteiger partial charge >= 0.3 is 0 Å². The fourth-order valence-electron chi connectivity index (χ4n) is 0.760. The topological polar surface area (TPSA) is 125 Å². The van der Waals surface area contributed by atoms with Crippen molar-refractivity contribution in [1.29, 1.82) is 0 Å². The van der Waals surface area contributed by atoms with Crippen LogP contribution in [0.15, 0.2) is 0 Å². The summed E-state index contributed by atoms with van der Waals surface area (Å²) in [5.41, 5.74) is 0. The monoisotopic (exact) mass is 213 g/mol. The van der Waals surface area contributed by atoms with Crippen LogP contribution in [-0.4, -0.2) is 81.5 Å². The molecule has 0 fully saturated rings. The number of hydrogen-bond acceptors (Lipinski definition) is 7. The predicted molar refractivity (Wildman–Crippen MR) is 48.1 cm³/mol. The second-order valence-electron chi connectivity index (χ2n) is 2.36. The Bertz CT molecular complexity index is 85.2. The Balaban J connectivity index is 0. The van der Waals surface area contributed by atoms with Crippen molar-refractivity contribution in [2.75, 3.05) is 39.5 Å². The molecule has 14 heavy (non-hydrogen) atoms. The largest absolute Gasteiger partial charge is 0.395 e. The van der Waals surface area contributed by atoms with Crippen molar-refractivity contribution < 1.29 is 30.6 Å². The second-order valence-corrected chi connectivity index (χ2v) is 2.36. The van der Waals surface area contributed by atoms with E-state index in [9.17, 15) is 0 Å². The van der Waals surface area contributed by atoms with Crippen molar-refractivity contribution in [1.82, 2.24) is 4.90 Å². The Morgan fingerprint density at radius 1 is 0.714 bits per heavy atom.